The highest BCUT2D eigenvalue weighted by molar-refractivity contribution is 6.32. The van der Waals surface area contributed by atoms with E-state index in [9.17, 15) is 4.79 Å². The van der Waals surface area contributed by atoms with E-state index in [2.05, 4.69) is 0 Å². The Morgan fingerprint density at radius 3 is 2.00 bits per heavy atom. The van der Waals surface area contributed by atoms with Crippen LogP contribution in [-0.4, -0.2) is 19.2 Å². The molecule has 0 fully saturated rings. The maximum Gasteiger partial charge on any atom is 0.349 e. The zero-order chi connectivity index (χ0) is 16.8. The predicted molar refractivity (Wildman–Crippen MR) is 89.7 cm³/mol. The van der Waals surface area contributed by atoms with Crippen molar-refractivity contribution in [3.8, 4) is 17.2 Å². The van der Waals surface area contributed by atoms with Crippen LogP contribution in [0, 0.1) is 13.8 Å². The number of carbonyl (C=O) groups excluding carboxylic acids is 1. The molecule has 0 unspecified atom stereocenters. The Hall–Kier alpha value is -2.20. The van der Waals surface area contributed by atoms with Gasteiger partial charge in [0.15, 0.2) is 6.61 Å². The molecule has 2 aromatic rings. The van der Waals surface area contributed by atoms with Crippen molar-refractivity contribution in [3.05, 3.63) is 52.5 Å². The molecule has 0 aliphatic carbocycles. The standard InChI is InChI=1S/C18H19ClO4/c1-4-21-14-5-7-15(8-6-14)22-11-17(20)23-16-9-12(2)18(19)13(3)10-16/h5-10H,4,11H2,1-3H3. The van der Waals surface area contributed by atoms with Gasteiger partial charge in [-0.15, -0.1) is 0 Å². The van der Waals surface area contributed by atoms with Gasteiger partial charge in [-0.3, -0.25) is 0 Å². The molecule has 0 atom stereocenters. The summed E-state index contributed by atoms with van der Waals surface area (Å²) in [5.41, 5.74) is 1.73. The Bertz CT molecular complexity index is 657. The molecule has 0 heterocycles. The van der Waals surface area contributed by atoms with E-state index in [-0.39, 0.29) is 6.61 Å². The molecule has 0 aromatic heterocycles. The summed E-state index contributed by atoms with van der Waals surface area (Å²) in [4.78, 5) is 11.9. The van der Waals surface area contributed by atoms with Crippen LogP contribution in [0.3, 0.4) is 0 Å². The topological polar surface area (TPSA) is 44.8 Å². The summed E-state index contributed by atoms with van der Waals surface area (Å²) in [5.74, 6) is 1.33. The molecule has 0 radical (unpaired) electrons. The van der Waals surface area contributed by atoms with Crippen LogP contribution in [0.5, 0.6) is 17.2 Å². The number of hydrogen-bond acceptors (Lipinski definition) is 4. The van der Waals surface area contributed by atoms with Crippen molar-refractivity contribution in [1.82, 2.24) is 0 Å². The lowest BCUT2D eigenvalue weighted by Gasteiger charge is -2.10. The first-order valence-corrected chi connectivity index (χ1v) is 7.70. The molecule has 2 rings (SSSR count). The minimum absolute atomic E-state index is 0.172. The zero-order valence-corrected chi connectivity index (χ0v) is 14.1. The predicted octanol–water partition coefficient (Wildman–Crippen LogP) is 4.34. The van der Waals surface area contributed by atoms with Crippen molar-refractivity contribution in [2.24, 2.45) is 0 Å². The van der Waals surface area contributed by atoms with Gasteiger partial charge in [-0.1, -0.05) is 11.6 Å². The number of carbonyl (C=O) groups is 1. The molecule has 0 aliphatic rings. The molecule has 4 nitrogen and oxygen atoms in total. The lowest BCUT2D eigenvalue weighted by atomic mass is 10.1. The number of hydrogen-bond donors (Lipinski definition) is 0. The summed E-state index contributed by atoms with van der Waals surface area (Å²) in [5, 5.41) is 0.676. The lowest BCUT2D eigenvalue weighted by molar-refractivity contribution is -0.136. The van der Waals surface area contributed by atoms with E-state index >= 15 is 0 Å². The van der Waals surface area contributed by atoms with E-state index in [1.54, 1.807) is 36.4 Å². The van der Waals surface area contributed by atoms with Crippen molar-refractivity contribution >= 4 is 17.6 Å². The van der Waals surface area contributed by atoms with Gasteiger partial charge in [0.25, 0.3) is 0 Å². The van der Waals surface area contributed by atoms with Gasteiger partial charge in [0.1, 0.15) is 17.2 Å². The van der Waals surface area contributed by atoms with Crippen LogP contribution < -0.4 is 14.2 Å². The van der Waals surface area contributed by atoms with E-state index in [0.29, 0.717) is 23.1 Å². The molecule has 0 amide bonds. The van der Waals surface area contributed by atoms with E-state index in [4.69, 9.17) is 25.8 Å². The molecule has 0 bridgehead atoms. The van der Waals surface area contributed by atoms with Crippen LogP contribution in [0.15, 0.2) is 36.4 Å². The van der Waals surface area contributed by atoms with Crippen molar-refractivity contribution in [3.63, 3.8) is 0 Å². The third kappa shape index (κ3) is 4.89. The number of ether oxygens (including phenoxy) is 3. The second-order valence-corrected chi connectivity index (χ2v) is 5.42. The largest absolute Gasteiger partial charge is 0.494 e. The molecular formula is C18H19ClO4. The quantitative estimate of drug-likeness (QED) is 0.582. The van der Waals surface area contributed by atoms with Crippen LogP contribution in [0.1, 0.15) is 18.1 Å². The van der Waals surface area contributed by atoms with E-state index < -0.39 is 5.97 Å². The molecule has 23 heavy (non-hydrogen) atoms. The summed E-state index contributed by atoms with van der Waals surface area (Å²) in [6, 6.07) is 10.5. The fourth-order valence-electron chi connectivity index (χ4n) is 2.07. The van der Waals surface area contributed by atoms with Crippen molar-refractivity contribution < 1.29 is 19.0 Å². The second kappa shape index (κ2) is 7.88. The number of aryl methyl sites for hydroxylation is 2. The average Bonchev–Trinajstić information content (AvgIpc) is 2.52. The SMILES string of the molecule is CCOc1ccc(OCC(=O)Oc2cc(C)c(Cl)c(C)c2)cc1. The third-order valence-corrected chi connectivity index (χ3v) is 3.73. The maximum atomic E-state index is 11.9. The van der Waals surface area contributed by atoms with Gasteiger partial charge >= 0.3 is 5.97 Å². The normalized spacial score (nSPS) is 10.3. The van der Waals surface area contributed by atoms with Crippen LogP contribution >= 0.6 is 11.6 Å². The molecule has 2 aromatic carbocycles. The fraction of sp³-hybridized carbons (Fsp3) is 0.278. The van der Waals surface area contributed by atoms with Crippen molar-refractivity contribution in [1.29, 1.82) is 0 Å². The van der Waals surface area contributed by atoms with Crippen LogP contribution in [0.4, 0.5) is 0 Å². The lowest BCUT2D eigenvalue weighted by Crippen LogP contribution is -2.17. The Morgan fingerprint density at radius 2 is 1.48 bits per heavy atom. The number of halogens is 1. The van der Waals surface area contributed by atoms with Crippen LogP contribution in [0.25, 0.3) is 0 Å². The molecule has 0 spiro atoms. The van der Waals surface area contributed by atoms with Gasteiger partial charge in [-0.05, 0) is 68.3 Å². The second-order valence-electron chi connectivity index (χ2n) is 5.04. The third-order valence-electron chi connectivity index (χ3n) is 3.13. The van der Waals surface area contributed by atoms with Gasteiger partial charge in [0.2, 0.25) is 0 Å². The highest BCUT2D eigenvalue weighted by Gasteiger charge is 2.09. The number of esters is 1. The zero-order valence-electron chi connectivity index (χ0n) is 13.4. The number of rotatable bonds is 6. The molecule has 0 aliphatic heterocycles. The van der Waals surface area contributed by atoms with Gasteiger partial charge in [0.05, 0.1) is 6.61 Å². The molecular weight excluding hydrogens is 316 g/mol. The summed E-state index contributed by atoms with van der Waals surface area (Å²) in [6.45, 7) is 6.08. The molecule has 0 N–H and O–H groups in total. The first-order valence-electron chi connectivity index (χ1n) is 7.32. The van der Waals surface area contributed by atoms with E-state index in [1.807, 2.05) is 20.8 Å². The summed E-state index contributed by atoms with van der Waals surface area (Å²) in [6.07, 6.45) is 0. The van der Waals surface area contributed by atoms with E-state index in [1.165, 1.54) is 0 Å². The summed E-state index contributed by atoms with van der Waals surface area (Å²) >= 11 is 6.09. The van der Waals surface area contributed by atoms with Gasteiger partial charge < -0.3 is 14.2 Å². The summed E-state index contributed by atoms with van der Waals surface area (Å²) in [7, 11) is 0. The van der Waals surface area contributed by atoms with Crippen LogP contribution in [-0.2, 0) is 4.79 Å². The minimum Gasteiger partial charge on any atom is -0.494 e. The molecule has 122 valence electrons. The Labute approximate surface area is 140 Å². The number of benzene rings is 2. The highest BCUT2D eigenvalue weighted by Crippen LogP contribution is 2.26. The van der Waals surface area contributed by atoms with Crippen molar-refractivity contribution in [2.45, 2.75) is 20.8 Å². The molecule has 0 saturated heterocycles. The Morgan fingerprint density at radius 1 is 0.957 bits per heavy atom. The van der Waals surface area contributed by atoms with E-state index in [0.717, 1.165) is 16.9 Å². The van der Waals surface area contributed by atoms with Gasteiger partial charge in [-0.2, -0.15) is 0 Å². The smallest absolute Gasteiger partial charge is 0.349 e. The Kier molecular flexibility index (Phi) is 5.88. The maximum absolute atomic E-state index is 11.9. The van der Waals surface area contributed by atoms with Crippen LogP contribution in [0.2, 0.25) is 5.02 Å². The summed E-state index contributed by atoms with van der Waals surface area (Å²) < 4.78 is 16.0. The van der Waals surface area contributed by atoms with Gasteiger partial charge in [-0.25, -0.2) is 4.79 Å². The molecule has 5 heteroatoms. The highest BCUT2D eigenvalue weighted by atomic mass is 35.5. The first-order chi connectivity index (χ1) is 11.0. The monoisotopic (exact) mass is 334 g/mol. The van der Waals surface area contributed by atoms with Gasteiger partial charge in [0, 0.05) is 5.02 Å². The average molecular weight is 335 g/mol. The minimum atomic E-state index is -0.472. The van der Waals surface area contributed by atoms with Crippen molar-refractivity contribution in [2.75, 3.05) is 13.2 Å². The fourth-order valence-corrected chi connectivity index (χ4v) is 2.18. The first kappa shape index (κ1) is 17.2. The Balaban J connectivity index is 1.90. The molecule has 0 saturated carbocycles.